The predicted molar refractivity (Wildman–Crippen MR) is 74.0 cm³/mol. The SMILES string of the molecule is CC1CC(N(C)C(=O)OCc2ccccc2)C[C@@H](O)O1. The summed E-state index contributed by atoms with van der Waals surface area (Å²) in [5, 5.41) is 9.59. The second-order valence-electron chi connectivity index (χ2n) is 5.18. The number of rotatable bonds is 3. The highest BCUT2D eigenvalue weighted by molar-refractivity contribution is 5.67. The lowest BCUT2D eigenvalue weighted by molar-refractivity contribution is -0.171. The lowest BCUT2D eigenvalue weighted by atomic mass is 10.0. The summed E-state index contributed by atoms with van der Waals surface area (Å²) in [7, 11) is 1.70. The van der Waals surface area contributed by atoms with Crippen LogP contribution in [-0.4, -0.2) is 41.6 Å². The standard InChI is InChI=1S/C15H21NO4/c1-11-8-13(9-14(17)20-11)16(2)15(18)19-10-12-6-4-3-5-7-12/h3-7,11,13-14,17H,8-10H2,1-2H3/t11?,13?,14-/m0/s1. The van der Waals surface area contributed by atoms with Gasteiger partial charge in [-0.2, -0.15) is 0 Å². The molecule has 0 aliphatic carbocycles. The molecule has 1 aromatic carbocycles. The summed E-state index contributed by atoms with van der Waals surface area (Å²) in [6.45, 7) is 2.14. The number of amides is 1. The minimum absolute atomic E-state index is 0.0583. The monoisotopic (exact) mass is 279 g/mol. The molecule has 1 saturated heterocycles. The van der Waals surface area contributed by atoms with Crippen molar-refractivity contribution < 1.29 is 19.4 Å². The van der Waals surface area contributed by atoms with Crippen LogP contribution in [0, 0.1) is 0 Å². The summed E-state index contributed by atoms with van der Waals surface area (Å²) in [6.07, 6.45) is -0.128. The van der Waals surface area contributed by atoms with Gasteiger partial charge in [0.25, 0.3) is 0 Å². The number of carbonyl (C=O) groups excluding carboxylic acids is 1. The molecule has 1 aliphatic rings. The number of hydrogen-bond acceptors (Lipinski definition) is 4. The van der Waals surface area contributed by atoms with E-state index in [9.17, 15) is 9.90 Å². The van der Waals surface area contributed by atoms with E-state index in [-0.39, 0.29) is 24.8 Å². The fourth-order valence-corrected chi connectivity index (χ4v) is 2.38. The maximum atomic E-state index is 12.0. The zero-order chi connectivity index (χ0) is 14.5. The molecule has 5 heteroatoms. The molecule has 110 valence electrons. The number of aliphatic hydroxyl groups excluding tert-OH is 1. The molecule has 1 aliphatic heterocycles. The quantitative estimate of drug-likeness (QED) is 0.921. The molecule has 0 radical (unpaired) electrons. The minimum atomic E-state index is -0.812. The molecule has 20 heavy (non-hydrogen) atoms. The van der Waals surface area contributed by atoms with Crippen LogP contribution in [0.1, 0.15) is 25.3 Å². The number of hydrogen-bond donors (Lipinski definition) is 1. The van der Waals surface area contributed by atoms with E-state index in [1.165, 1.54) is 0 Å². The fraction of sp³-hybridized carbons (Fsp3) is 0.533. The molecule has 1 amide bonds. The molecule has 1 heterocycles. The first-order chi connectivity index (χ1) is 9.56. The van der Waals surface area contributed by atoms with Gasteiger partial charge in [0.2, 0.25) is 0 Å². The summed E-state index contributed by atoms with van der Waals surface area (Å²) in [5.74, 6) is 0. The summed E-state index contributed by atoms with van der Waals surface area (Å²) in [4.78, 5) is 13.6. The number of nitrogens with zero attached hydrogens (tertiary/aromatic N) is 1. The largest absolute Gasteiger partial charge is 0.445 e. The Morgan fingerprint density at radius 3 is 2.75 bits per heavy atom. The van der Waals surface area contributed by atoms with Crippen LogP contribution in [0.15, 0.2) is 30.3 Å². The second-order valence-corrected chi connectivity index (χ2v) is 5.18. The third kappa shape index (κ3) is 3.95. The van der Waals surface area contributed by atoms with Crippen molar-refractivity contribution in [3.05, 3.63) is 35.9 Å². The van der Waals surface area contributed by atoms with Crippen LogP contribution >= 0.6 is 0 Å². The van der Waals surface area contributed by atoms with Crippen LogP contribution in [0.3, 0.4) is 0 Å². The lowest BCUT2D eigenvalue weighted by Crippen LogP contribution is -2.45. The van der Waals surface area contributed by atoms with Gasteiger partial charge in [0, 0.05) is 19.5 Å². The molecular formula is C15H21NO4. The Bertz CT molecular complexity index is 427. The van der Waals surface area contributed by atoms with Crippen molar-refractivity contribution in [3.63, 3.8) is 0 Å². The molecule has 0 saturated carbocycles. The molecular weight excluding hydrogens is 258 g/mol. The van der Waals surface area contributed by atoms with Crippen LogP contribution in [-0.2, 0) is 16.1 Å². The van der Waals surface area contributed by atoms with Gasteiger partial charge in [-0.05, 0) is 18.9 Å². The average Bonchev–Trinajstić information content (AvgIpc) is 2.44. The van der Waals surface area contributed by atoms with Crippen molar-refractivity contribution in [2.75, 3.05) is 7.05 Å². The maximum absolute atomic E-state index is 12.0. The van der Waals surface area contributed by atoms with Crippen molar-refractivity contribution in [3.8, 4) is 0 Å². The number of aliphatic hydroxyl groups is 1. The van der Waals surface area contributed by atoms with E-state index in [0.29, 0.717) is 12.8 Å². The van der Waals surface area contributed by atoms with E-state index in [4.69, 9.17) is 9.47 Å². The van der Waals surface area contributed by atoms with Gasteiger partial charge in [0.1, 0.15) is 6.61 Å². The summed E-state index contributed by atoms with van der Waals surface area (Å²) in [5.41, 5.74) is 0.953. The van der Waals surface area contributed by atoms with Crippen LogP contribution in [0.2, 0.25) is 0 Å². The molecule has 0 bridgehead atoms. The van der Waals surface area contributed by atoms with E-state index in [1.807, 2.05) is 37.3 Å². The number of carbonyl (C=O) groups is 1. The Kier molecular flexibility index (Phi) is 4.98. The van der Waals surface area contributed by atoms with Gasteiger partial charge in [-0.15, -0.1) is 0 Å². The first-order valence-corrected chi connectivity index (χ1v) is 6.83. The van der Waals surface area contributed by atoms with E-state index in [0.717, 1.165) is 5.56 Å². The number of benzene rings is 1. The zero-order valence-corrected chi connectivity index (χ0v) is 11.9. The van der Waals surface area contributed by atoms with E-state index in [2.05, 4.69) is 0 Å². The fourth-order valence-electron chi connectivity index (χ4n) is 2.38. The third-order valence-electron chi connectivity index (χ3n) is 3.51. The van der Waals surface area contributed by atoms with E-state index in [1.54, 1.807) is 11.9 Å². The van der Waals surface area contributed by atoms with Crippen LogP contribution < -0.4 is 0 Å². The van der Waals surface area contributed by atoms with Crippen molar-refractivity contribution in [1.82, 2.24) is 4.90 Å². The zero-order valence-electron chi connectivity index (χ0n) is 11.9. The van der Waals surface area contributed by atoms with E-state index < -0.39 is 6.29 Å². The van der Waals surface area contributed by atoms with Crippen molar-refractivity contribution in [1.29, 1.82) is 0 Å². The number of ether oxygens (including phenoxy) is 2. The normalized spacial score (nSPS) is 26.1. The van der Waals surface area contributed by atoms with Gasteiger partial charge in [-0.1, -0.05) is 30.3 Å². The van der Waals surface area contributed by atoms with Gasteiger partial charge >= 0.3 is 6.09 Å². The van der Waals surface area contributed by atoms with Gasteiger partial charge in [0.15, 0.2) is 6.29 Å². The molecule has 1 fully saturated rings. The molecule has 2 unspecified atom stereocenters. The lowest BCUT2D eigenvalue weighted by Gasteiger charge is -2.36. The summed E-state index contributed by atoms with van der Waals surface area (Å²) in [6, 6.07) is 9.49. The summed E-state index contributed by atoms with van der Waals surface area (Å²) >= 11 is 0. The van der Waals surface area contributed by atoms with E-state index >= 15 is 0 Å². The Morgan fingerprint density at radius 1 is 1.40 bits per heavy atom. The molecule has 3 atom stereocenters. The van der Waals surface area contributed by atoms with Crippen LogP contribution in [0.5, 0.6) is 0 Å². The van der Waals surface area contributed by atoms with Crippen molar-refractivity contribution in [2.45, 2.75) is 44.8 Å². The van der Waals surface area contributed by atoms with Gasteiger partial charge in [-0.25, -0.2) is 4.79 Å². The maximum Gasteiger partial charge on any atom is 0.410 e. The summed E-state index contributed by atoms with van der Waals surface area (Å²) < 4.78 is 10.5. The highest BCUT2D eigenvalue weighted by atomic mass is 16.6. The van der Waals surface area contributed by atoms with Gasteiger partial charge in [-0.3, -0.25) is 0 Å². The Morgan fingerprint density at radius 2 is 2.10 bits per heavy atom. The smallest absolute Gasteiger partial charge is 0.410 e. The highest BCUT2D eigenvalue weighted by Gasteiger charge is 2.31. The molecule has 2 rings (SSSR count). The first kappa shape index (κ1) is 14.8. The molecule has 0 spiro atoms. The van der Waals surface area contributed by atoms with Gasteiger partial charge in [0.05, 0.1) is 6.10 Å². The third-order valence-corrected chi connectivity index (χ3v) is 3.51. The molecule has 1 aromatic rings. The minimum Gasteiger partial charge on any atom is -0.445 e. The Labute approximate surface area is 119 Å². The van der Waals surface area contributed by atoms with Crippen LogP contribution in [0.4, 0.5) is 4.79 Å². The van der Waals surface area contributed by atoms with Crippen LogP contribution in [0.25, 0.3) is 0 Å². The average molecular weight is 279 g/mol. The Balaban J connectivity index is 1.85. The topological polar surface area (TPSA) is 59.0 Å². The van der Waals surface area contributed by atoms with Crippen molar-refractivity contribution >= 4 is 6.09 Å². The molecule has 1 N–H and O–H groups in total. The second kappa shape index (κ2) is 6.72. The first-order valence-electron chi connectivity index (χ1n) is 6.83. The molecule has 0 aromatic heterocycles. The van der Waals surface area contributed by atoms with Gasteiger partial charge < -0.3 is 19.5 Å². The molecule has 5 nitrogen and oxygen atoms in total. The van der Waals surface area contributed by atoms with Crippen molar-refractivity contribution in [2.24, 2.45) is 0 Å². The predicted octanol–water partition coefficient (Wildman–Crippen LogP) is 2.14. The Hall–Kier alpha value is -1.59. The highest BCUT2D eigenvalue weighted by Crippen LogP contribution is 2.22.